The van der Waals surface area contributed by atoms with Crippen LogP contribution >= 0.6 is 23.4 Å². The van der Waals surface area contributed by atoms with Gasteiger partial charge in [0.1, 0.15) is 17.9 Å². The average molecular weight is 367 g/mol. The molecule has 0 bridgehead atoms. The predicted octanol–water partition coefficient (Wildman–Crippen LogP) is 3.44. The first-order chi connectivity index (χ1) is 11.6. The number of halogens is 2. The summed E-state index contributed by atoms with van der Waals surface area (Å²) in [7, 11) is 0. The summed E-state index contributed by atoms with van der Waals surface area (Å²) in [5.41, 5.74) is 0.362. The number of nitrogens with zero attached hydrogens (tertiary/aromatic N) is 3. The van der Waals surface area contributed by atoms with Crippen LogP contribution in [0.3, 0.4) is 0 Å². The molecule has 0 saturated heterocycles. The number of furan rings is 1. The van der Waals surface area contributed by atoms with Gasteiger partial charge >= 0.3 is 0 Å². The van der Waals surface area contributed by atoms with Crippen LogP contribution in [0.2, 0.25) is 5.02 Å². The molecule has 1 N–H and O–H groups in total. The molecule has 124 valence electrons. The van der Waals surface area contributed by atoms with Crippen molar-refractivity contribution >= 4 is 35.0 Å². The first-order valence-corrected chi connectivity index (χ1v) is 8.26. The van der Waals surface area contributed by atoms with Crippen LogP contribution in [0.5, 0.6) is 0 Å². The van der Waals surface area contributed by atoms with Gasteiger partial charge in [-0.1, -0.05) is 23.4 Å². The van der Waals surface area contributed by atoms with Gasteiger partial charge in [0.05, 0.1) is 29.3 Å². The molecule has 0 atom stereocenters. The van der Waals surface area contributed by atoms with E-state index >= 15 is 0 Å². The van der Waals surface area contributed by atoms with Crippen LogP contribution in [-0.2, 0) is 11.3 Å². The van der Waals surface area contributed by atoms with Crippen molar-refractivity contribution in [1.29, 1.82) is 0 Å². The average Bonchev–Trinajstić information content (AvgIpc) is 3.20. The van der Waals surface area contributed by atoms with E-state index in [0.717, 1.165) is 11.8 Å². The summed E-state index contributed by atoms with van der Waals surface area (Å²) in [6.07, 6.45) is 3.16. The maximum absolute atomic E-state index is 13.0. The van der Waals surface area contributed by atoms with Gasteiger partial charge in [0.25, 0.3) is 0 Å². The van der Waals surface area contributed by atoms with Crippen molar-refractivity contribution in [2.45, 2.75) is 11.7 Å². The van der Waals surface area contributed by atoms with Crippen LogP contribution in [-0.4, -0.2) is 26.4 Å². The topological polar surface area (TPSA) is 73.0 Å². The van der Waals surface area contributed by atoms with Crippen LogP contribution < -0.4 is 5.32 Å². The molecule has 24 heavy (non-hydrogen) atoms. The van der Waals surface area contributed by atoms with Gasteiger partial charge in [0.2, 0.25) is 5.91 Å². The Morgan fingerprint density at radius 3 is 3.04 bits per heavy atom. The molecule has 3 rings (SSSR count). The van der Waals surface area contributed by atoms with Gasteiger partial charge in [-0.2, -0.15) is 0 Å². The molecule has 2 heterocycles. The molecule has 6 nitrogen and oxygen atoms in total. The minimum absolute atomic E-state index is 0.116. The van der Waals surface area contributed by atoms with Crippen molar-refractivity contribution in [1.82, 2.24) is 14.8 Å². The second-order valence-electron chi connectivity index (χ2n) is 4.78. The molecule has 0 spiro atoms. The molecular weight excluding hydrogens is 355 g/mol. The van der Waals surface area contributed by atoms with E-state index < -0.39 is 5.82 Å². The van der Waals surface area contributed by atoms with Crippen LogP contribution in [0.4, 0.5) is 10.1 Å². The molecule has 1 amide bonds. The smallest absolute Gasteiger partial charge is 0.234 e. The van der Waals surface area contributed by atoms with E-state index in [1.165, 1.54) is 23.9 Å². The number of benzene rings is 1. The van der Waals surface area contributed by atoms with Gasteiger partial charge in [-0.25, -0.2) is 4.39 Å². The van der Waals surface area contributed by atoms with Gasteiger partial charge in [0, 0.05) is 0 Å². The van der Waals surface area contributed by atoms with E-state index in [2.05, 4.69) is 15.5 Å². The fourth-order valence-electron chi connectivity index (χ4n) is 1.94. The second kappa shape index (κ2) is 7.50. The largest absolute Gasteiger partial charge is 0.467 e. The molecule has 0 radical (unpaired) electrons. The Bertz CT molecular complexity index is 838. The fourth-order valence-corrected chi connectivity index (χ4v) is 2.87. The van der Waals surface area contributed by atoms with E-state index in [1.54, 1.807) is 23.2 Å². The quantitative estimate of drug-likeness (QED) is 0.676. The summed E-state index contributed by atoms with van der Waals surface area (Å²) in [5.74, 6) is 0.142. The van der Waals surface area contributed by atoms with Gasteiger partial charge in [-0.3, -0.25) is 4.79 Å². The van der Waals surface area contributed by atoms with Gasteiger partial charge in [-0.15, -0.1) is 10.2 Å². The molecule has 0 aliphatic heterocycles. The molecule has 0 aliphatic carbocycles. The number of aromatic nitrogens is 3. The number of anilines is 1. The lowest BCUT2D eigenvalue weighted by Crippen LogP contribution is -2.15. The minimum Gasteiger partial charge on any atom is -0.467 e. The summed E-state index contributed by atoms with van der Waals surface area (Å²) < 4.78 is 20.1. The van der Waals surface area contributed by atoms with Crippen LogP contribution in [0.25, 0.3) is 0 Å². The van der Waals surface area contributed by atoms with E-state index in [1.807, 2.05) is 6.07 Å². The molecule has 0 saturated carbocycles. The third kappa shape index (κ3) is 4.15. The lowest BCUT2D eigenvalue weighted by molar-refractivity contribution is -0.113. The third-order valence-corrected chi connectivity index (χ3v) is 4.32. The molecular formula is C15H12ClFN4O2S. The molecule has 9 heteroatoms. The SMILES string of the molecule is O=C(CSc1nncn1Cc1ccco1)Nc1ccc(F)cc1Cl. The van der Waals surface area contributed by atoms with Crippen LogP contribution in [0.15, 0.2) is 52.5 Å². The molecule has 2 aromatic heterocycles. The number of hydrogen-bond donors (Lipinski definition) is 1. The standard InChI is InChI=1S/C15H12ClFN4O2S/c16-12-6-10(17)3-4-13(12)19-14(22)8-24-15-20-18-9-21(15)7-11-2-1-5-23-11/h1-6,9H,7-8H2,(H,19,22). The van der Waals surface area contributed by atoms with Crippen molar-refractivity contribution in [2.75, 3.05) is 11.1 Å². The molecule has 3 aromatic rings. The zero-order chi connectivity index (χ0) is 16.9. The normalized spacial score (nSPS) is 10.8. The summed E-state index contributed by atoms with van der Waals surface area (Å²) in [6, 6.07) is 7.43. The maximum Gasteiger partial charge on any atom is 0.234 e. The summed E-state index contributed by atoms with van der Waals surface area (Å²) in [6.45, 7) is 0.480. The monoisotopic (exact) mass is 366 g/mol. The van der Waals surface area contributed by atoms with Crippen molar-refractivity contribution in [3.8, 4) is 0 Å². The minimum atomic E-state index is -0.460. The molecule has 1 aromatic carbocycles. The van der Waals surface area contributed by atoms with Crippen molar-refractivity contribution < 1.29 is 13.6 Å². The molecule has 0 fully saturated rings. The highest BCUT2D eigenvalue weighted by molar-refractivity contribution is 7.99. The second-order valence-corrected chi connectivity index (χ2v) is 6.13. The van der Waals surface area contributed by atoms with Crippen LogP contribution in [0.1, 0.15) is 5.76 Å². The molecule has 0 aliphatic rings. The highest BCUT2D eigenvalue weighted by Gasteiger charge is 2.11. The van der Waals surface area contributed by atoms with E-state index in [0.29, 0.717) is 17.4 Å². The highest BCUT2D eigenvalue weighted by atomic mass is 35.5. The summed E-state index contributed by atoms with van der Waals surface area (Å²) >= 11 is 7.11. The highest BCUT2D eigenvalue weighted by Crippen LogP contribution is 2.23. The lowest BCUT2D eigenvalue weighted by atomic mass is 10.3. The Morgan fingerprint density at radius 1 is 1.42 bits per heavy atom. The van der Waals surface area contributed by atoms with Gasteiger partial charge in [-0.05, 0) is 30.3 Å². The number of carbonyl (C=O) groups excluding carboxylic acids is 1. The van der Waals surface area contributed by atoms with Crippen LogP contribution in [0, 0.1) is 5.82 Å². The third-order valence-electron chi connectivity index (χ3n) is 3.02. The van der Waals surface area contributed by atoms with Gasteiger partial charge < -0.3 is 14.3 Å². The number of nitrogens with one attached hydrogen (secondary N) is 1. The first-order valence-electron chi connectivity index (χ1n) is 6.90. The fraction of sp³-hybridized carbons (Fsp3) is 0.133. The maximum atomic E-state index is 13.0. The Balaban J connectivity index is 1.58. The van der Waals surface area contributed by atoms with E-state index in [9.17, 15) is 9.18 Å². The van der Waals surface area contributed by atoms with E-state index in [-0.39, 0.29) is 16.7 Å². The number of carbonyl (C=O) groups is 1. The zero-order valence-corrected chi connectivity index (χ0v) is 13.9. The van der Waals surface area contributed by atoms with Crippen molar-refractivity contribution in [3.63, 3.8) is 0 Å². The Hall–Kier alpha value is -2.32. The molecule has 0 unspecified atom stereocenters. The van der Waals surface area contributed by atoms with Gasteiger partial charge in [0.15, 0.2) is 5.16 Å². The predicted molar refractivity (Wildman–Crippen MR) is 88.6 cm³/mol. The Labute approximate surface area is 146 Å². The summed E-state index contributed by atoms with van der Waals surface area (Å²) in [4.78, 5) is 12.0. The number of amides is 1. The van der Waals surface area contributed by atoms with Crippen molar-refractivity contribution in [3.05, 3.63) is 59.5 Å². The lowest BCUT2D eigenvalue weighted by Gasteiger charge is -2.07. The Kier molecular flexibility index (Phi) is 5.17. The van der Waals surface area contributed by atoms with Crippen molar-refractivity contribution in [2.24, 2.45) is 0 Å². The first kappa shape index (κ1) is 16.5. The van der Waals surface area contributed by atoms with E-state index in [4.69, 9.17) is 16.0 Å². The number of hydrogen-bond acceptors (Lipinski definition) is 5. The summed E-state index contributed by atoms with van der Waals surface area (Å²) in [5, 5.41) is 11.2. The zero-order valence-electron chi connectivity index (χ0n) is 12.3. The number of rotatable bonds is 6. The number of thioether (sulfide) groups is 1. The Morgan fingerprint density at radius 2 is 2.29 bits per heavy atom.